The molecule has 2 amide bonds. The summed E-state index contributed by atoms with van der Waals surface area (Å²) < 4.78 is 0. The maximum absolute atomic E-state index is 11.4. The molecule has 5 heteroatoms. The molecule has 1 saturated heterocycles. The maximum atomic E-state index is 11.4. The molecule has 1 heterocycles. The van der Waals surface area contributed by atoms with Gasteiger partial charge in [-0.25, -0.2) is 0 Å². The highest BCUT2D eigenvalue weighted by Gasteiger charge is 2.25. The van der Waals surface area contributed by atoms with Crippen molar-refractivity contribution in [2.24, 2.45) is 5.92 Å². The summed E-state index contributed by atoms with van der Waals surface area (Å²) in [6.45, 7) is 4.04. The molecule has 1 aliphatic heterocycles. The second-order valence-corrected chi connectivity index (χ2v) is 3.99. The first kappa shape index (κ1) is 11.8. The third-order valence-electron chi connectivity index (χ3n) is 2.14. The second kappa shape index (κ2) is 5.02. The van der Waals surface area contributed by atoms with Gasteiger partial charge >= 0.3 is 0 Å². The fourth-order valence-corrected chi connectivity index (χ4v) is 1.64. The highest BCUT2D eigenvalue weighted by molar-refractivity contribution is 7.80. The smallest absolute Gasteiger partial charge is 0.262 e. The predicted molar refractivity (Wildman–Crippen MR) is 61.0 cm³/mol. The molecule has 0 spiro atoms. The van der Waals surface area contributed by atoms with Crippen LogP contribution in [0.5, 0.6) is 0 Å². The van der Waals surface area contributed by atoms with Crippen molar-refractivity contribution in [3.8, 4) is 0 Å². The number of amides is 2. The van der Waals surface area contributed by atoms with Crippen molar-refractivity contribution >= 4 is 29.1 Å². The van der Waals surface area contributed by atoms with E-state index in [1.54, 1.807) is 6.08 Å². The van der Waals surface area contributed by atoms with Gasteiger partial charge in [0.05, 0.1) is 0 Å². The summed E-state index contributed by atoms with van der Waals surface area (Å²) in [5.41, 5.74) is 0.157. The van der Waals surface area contributed by atoms with Crippen LogP contribution in [0.3, 0.4) is 0 Å². The van der Waals surface area contributed by atoms with Crippen LogP contribution in [0.2, 0.25) is 0 Å². The predicted octanol–water partition coefficient (Wildman–Crippen LogP) is 0.880. The number of nitrogens with one attached hydrogen (secondary N) is 2. The van der Waals surface area contributed by atoms with Gasteiger partial charge in [0.2, 0.25) is 0 Å². The van der Waals surface area contributed by atoms with Crippen LogP contribution >= 0.6 is 12.2 Å². The molecule has 1 aliphatic rings. The Kier molecular flexibility index (Phi) is 3.96. The van der Waals surface area contributed by atoms with E-state index in [9.17, 15) is 9.59 Å². The van der Waals surface area contributed by atoms with Gasteiger partial charge in [-0.2, -0.15) is 0 Å². The van der Waals surface area contributed by atoms with Gasteiger partial charge in [-0.3, -0.25) is 20.2 Å². The van der Waals surface area contributed by atoms with Crippen molar-refractivity contribution in [3.05, 3.63) is 11.6 Å². The first-order valence-corrected chi connectivity index (χ1v) is 5.34. The monoisotopic (exact) mass is 226 g/mol. The van der Waals surface area contributed by atoms with Crippen molar-refractivity contribution in [1.82, 2.24) is 10.6 Å². The topological polar surface area (TPSA) is 58.2 Å². The summed E-state index contributed by atoms with van der Waals surface area (Å²) in [4.78, 5) is 22.9. The Morgan fingerprint density at radius 3 is 2.33 bits per heavy atom. The van der Waals surface area contributed by atoms with E-state index >= 15 is 0 Å². The van der Waals surface area contributed by atoms with Crippen molar-refractivity contribution in [3.63, 3.8) is 0 Å². The first-order chi connectivity index (χ1) is 7.04. The van der Waals surface area contributed by atoms with Gasteiger partial charge < -0.3 is 0 Å². The molecule has 1 atom stereocenters. The van der Waals surface area contributed by atoms with Gasteiger partial charge in [0.25, 0.3) is 11.8 Å². The first-order valence-electron chi connectivity index (χ1n) is 4.93. The van der Waals surface area contributed by atoms with Gasteiger partial charge in [-0.1, -0.05) is 26.3 Å². The third-order valence-corrected chi connectivity index (χ3v) is 2.34. The average Bonchev–Trinajstić information content (AvgIpc) is 2.11. The lowest BCUT2D eigenvalue weighted by atomic mass is 10.0. The minimum Gasteiger partial charge on any atom is -0.299 e. The zero-order chi connectivity index (χ0) is 11.4. The van der Waals surface area contributed by atoms with Gasteiger partial charge in [-0.15, -0.1) is 0 Å². The Morgan fingerprint density at radius 1 is 1.33 bits per heavy atom. The molecule has 0 aromatic carbocycles. The highest BCUT2D eigenvalue weighted by Crippen LogP contribution is 2.11. The molecular formula is C10H14N2O2S. The van der Waals surface area contributed by atoms with Gasteiger partial charge in [0.15, 0.2) is 5.11 Å². The lowest BCUT2D eigenvalue weighted by Crippen LogP contribution is -2.51. The van der Waals surface area contributed by atoms with E-state index in [1.807, 2.05) is 6.92 Å². The molecule has 0 unspecified atom stereocenters. The quantitative estimate of drug-likeness (QED) is 0.427. The van der Waals surface area contributed by atoms with Crippen LogP contribution in [0.25, 0.3) is 0 Å². The van der Waals surface area contributed by atoms with Crippen LogP contribution in [-0.4, -0.2) is 16.9 Å². The van der Waals surface area contributed by atoms with Crippen LogP contribution in [0.4, 0.5) is 0 Å². The van der Waals surface area contributed by atoms with E-state index in [0.29, 0.717) is 0 Å². The van der Waals surface area contributed by atoms with E-state index < -0.39 is 11.8 Å². The van der Waals surface area contributed by atoms with Crippen molar-refractivity contribution in [2.75, 3.05) is 0 Å². The zero-order valence-corrected chi connectivity index (χ0v) is 9.61. The van der Waals surface area contributed by atoms with Crippen molar-refractivity contribution < 1.29 is 9.59 Å². The molecule has 1 fully saturated rings. The van der Waals surface area contributed by atoms with Crippen LogP contribution in [0.15, 0.2) is 11.6 Å². The normalized spacial score (nSPS) is 18.3. The molecule has 82 valence electrons. The van der Waals surface area contributed by atoms with E-state index in [2.05, 4.69) is 29.8 Å². The molecule has 2 N–H and O–H groups in total. The summed E-state index contributed by atoms with van der Waals surface area (Å²) in [5, 5.41) is 4.87. The summed E-state index contributed by atoms with van der Waals surface area (Å²) in [5.74, 6) is -0.605. The standard InChI is InChI=1S/C10H14N2O2S/c1-3-4-6(2)5-7-8(13)11-10(15)12-9(7)14/h5-6H,3-4H2,1-2H3,(H2,11,12,13,14,15)/t6-/m1/s1. The second-order valence-electron chi connectivity index (χ2n) is 3.58. The van der Waals surface area contributed by atoms with Crippen LogP contribution in [0.1, 0.15) is 26.7 Å². The number of hydrogen-bond acceptors (Lipinski definition) is 3. The zero-order valence-electron chi connectivity index (χ0n) is 8.79. The van der Waals surface area contributed by atoms with Crippen LogP contribution < -0.4 is 10.6 Å². The van der Waals surface area contributed by atoms with Crippen molar-refractivity contribution in [2.45, 2.75) is 26.7 Å². The Morgan fingerprint density at radius 2 is 1.87 bits per heavy atom. The minimum absolute atomic E-state index is 0.0743. The summed E-state index contributed by atoms with van der Waals surface area (Å²) in [7, 11) is 0. The Bertz CT molecular complexity index is 314. The fraction of sp³-hybridized carbons (Fsp3) is 0.500. The van der Waals surface area contributed by atoms with E-state index in [0.717, 1.165) is 12.8 Å². The Hall–Kier alpha value is -1.23. The fourth-order valence-electron chi connectivity index (χ4n) is 1.45. The van der Waals surface area contributed by atoms with E-state index in [1.165, 1.54) is 0 Å². The number of carbonyl (C=O) groups is 2. The highest BCUT2D eigenvalue weighted by atomic mass is 32.1. The van der Waals surface area contributed by atoms with E-state index in [4.69, 9.17) is 0 Å². The average molecular weight is 226 g/mol. The van der Waals surface area contributed by atoms with Crippen LogP contribution in [-0.2, 0) is 9.59 Å². The Labute approximate surface area is 94.1 Å². The van der Waals surface area contributed by atoms with Crippen LogP contribution in [0, 0.1) is 5.92 Å². The number of hydrogen-bond donors (Lipinski definition) is 2. The van der Waals surface area contributed by atoms with Crippen molar-refractivity contribution in [1.29, 1.82) is 0 Å². The third kappa shape index (κ3) is 3.13. The Balaban J connectivity index is 2.79. The van der Waals surface area contributed by atoms with Gasteiger partial charge in [0.1, 0.15) is 5.57 Å². The van der Waals surface area contributed by atoms with E-state index in [-0.39, 0.29) is 16.6 Å². The molecule has 0 bridgehead atoms. The minimum atomic E-state index is -0.410. The molecule has 0 aromatic heterocycles. The van der Waals surface area contributed by atoms with Gasteiger partial charge in [0, 0.05) is 0 Å². The molecule has 0 aliphatic carbocycles. The molecule has 0 aromatic rings. The molecular weight excluding hydrogens is 212 g/mol. The molecule has 1 rings (SSSR count). The summed E-state index contributed by atoms with van der Waals surface area (Å²) >= 11 is 4.69. The number of thiocarbonyl (C=S) groups is 1. The maximum Gasteiger partial charge on any atom is 0.262 e. The lowest BCUT2D eigenvalue weighted by molar-refractivity contribution is -0.123. The number of allylic oxidation sites excluding steroid dienone is 1. The summed E-state index contributed by atoms with van der Waals surface area (Å²) in [6, 6.07) is 0. The molecule has 4 nitrogen and oxygen atoms in total. The molecule has 15 heavy (non-hydrogen) atoms. The summed E-state index contributed by atoms with van der Waals surface area (Å²) in [6.07, 6.45) is 3.66. The van der Waals surface area contributed by atoms with Gasteiger partial charge in [-0.05, 0) is 24.6 Å². The lowest BCUT2D eigenvalue weighted by Gasteiger charge is -2.17. The SMILES string of the molecule is CCC[C@@H](C)C=C1C(=O)NC(=S)NC1=O. The largest absolute Gasteiger partial charge is 0.299 e. The number of carbonyl (C=O) groups excluding carboxylic acids is 2. The molecule has 0 radical (unpaired) electrons. The molecule has 0 saturated carbocycles. The number of rotatable bonds is 3.